The Kier molecular flexibility index (Phi) is 9.25. The van der Waals surface area contributed by atoms with Gasteiger partial charge in [-0.15, -0.1) is 0 Å². The minimum absolute atomic E-state index is 0.169. The van der Waals surface area contributed by atoms with E-state index in [2.05, 4.69) is 19.8 Å². The number of rotatable bonds is 9. The molecule has 2 aliphatic rings. The van der Waals surface area contributed by atoms with Crippen molar-refractivity contribution in [2.75, 3.05) is 13.1 Å². The molecule has 1 aromatic rings. The molecule has 0 amide bonds. The van der Waals surface area contributed by atoms with Gasteiger partial charge in [0.05, 0.1) is 19.1 Å². The highest BCUT2D eigenvalue weighted by Crippen LogP contribution is 2.31. The van der Waals surface area contributed by atoms with Gasteiger partial charge in [0.25, 0.3) is 0 Å². The summed E-state index contributed by atoms with van der Waals surface area (Å²) < 4.78 is 46.7. The molecular formula is C22H32F3N3O5. The number of halogens is 3. The molecule has 33 heavy (non-hydrogen) atoms. The van der Waals surface area contributed by atoms with Gasteiger partial charge in [0.15, 0.2) is 5.82 Å². The largest absolute Gasteiger partial charge is 0.491 e. The number of carbonyl (C=O) groups is 2. The molecular weight excluding hydrogens is 443 g/mol. The molecule has 1 aromatic heterocycles. The molecule has 1 atom stereocenters. The second-order valence-corrected chi connectivity index (χ2v) is 9.15. The molecule has 2 fully saturated rings. The Labute approximate surface area is 190 Å². The Bertz CT molecular complexity index is 772. The SMILES string of the molecule is O=C(C[C@@H](CCCC1CCCCC1)c1nc(CN2CCC(O)CC2)no1)OC(=O)C(F)(F)F. The summed E-state index contributed by atoms with van der Waals surface area (Å²) in [5.74, 6) is -3.20. The smallest absolute Gasteiger partial charge is 0.393 e. The zero-order valence-electron chi connectivity index (χ0n) is 18.7. The minimum atomic E-state index is -5.23. The number of aliphatic hydroxyl groups is 1. The number of hydrogen-bond acceptors (Lipinski definition) is 8. The summed E-state index contributed by atoms with van der Waals surface area (Å²) in [5.41, 5.74) is 0. The van der Waals surface area contributed by atoms with Crippen molar-refractivity contribution >= 4 is 11.9 Å². The van der Waals surface area contributed by atoms with Gasteiger partial charge in [-0.1, -0.05) is 50.1 Å². The zero-order chi connectivity index (χ0) is 23.8. The second kappa shape index (κ2) is 11.9. The molecule has 0 unspecified atom stereocenters. The van der Waals surface area contributed by atoms with E-state index in [1.165, 1.54) is 32.1 Å². The molecule has 0 aromatic carbocycles. The second-order valence-electron chi connectivity index (χ2n) is 9.15. The van der Waals surface area contributed by atoms with Crippen molar-refractivity contribution in [2.24, 2.45) is 5.92 Å². The first-order chi connectivity index (χ1) is 15.7. The average molecular weight is 476 g/mol. The van der Waals surface area contributed by atoms with E-state index >= 15 is 0 Å². The molecule has 1 N–H and O–H groups in total. The van der Waals surface area contributed by atoms with Crippen LogP contribution in [0, 0.1) is 5.92 Å². The number of nitrogens with zero attached hydrogens (tertiary/aromatic N) is 3. The summed E-state index contributed by atoms with van der Waals surface area (Å²) in [6.07, 6.45) is 3.55. The van der Waals surface area contributed by atoms with Crippen LogP contribution in [0.2, 0.25) is 0 Å². The van der Waals surface area contributed by atoms with Gasteiger partial charge in [-0.25, -0.2) is 4.79 Å². The molecule has 186 valence electrons. The highest BCUT2D eigenvalue weighted by Gasteiger charge is 2.42. The molecule has 11 heteroatoms. The van der Waals surface area contributed by atoms with Gasteiger partial charge < -0.3 is 14.4 Å². The van der Waals surface area contributed by atoms with Crippen LogP contribution in [-0.2, 0) is 20.9 Å². The topological polar surface area (TPSA) is 106 Å². The number of esters is 2. The molecule has 0 spiro atoms. The van der Waals surface area contributed by atoms with Crippen molar-refractivity contribution < 1.29 is 37.1 Å². The fourth-order valence-corrected chi connectivity index (χ4v) is 4.62. The first-order valence-corrected chi connectivity index (χ1v) is 11.8. The molecule has 3 rings (SSSR count). The standard InChI is InChI=1S/C22H32F3N3O5/c23-22(24,25)21(31)32-19(30)13-16(8-4-7-15-5-2-1-3-6-15)20-26-18(27-33-20)14-28-11-9-17(29)10-12-28/h15-17,29H,1-14H2/t16-/m1/s1. The fourth-order valence-electron chi connectivity index (χ4n) is 4.62. The van der Waals surface area contributed by atoms with Gasteiger partial charge in [-0.3, -0.25) is 9.69 Å². The van der Waals surface area contributed by atoms with E-state index in [1.807, 2.05) is 0 Å². The normalized spacial score (nSPS) is 20.0. The maximum Gasteiger partial charge on any atom is 0.491 e. The van der Waals surface area contributed by atoms with Crippen LogP contribution in [0.5, 0.6) is 0 Å². The molecule has 0 bridgehead atoms. The number of carbonyl (C=O) groups excluding carboxylic acids is 2. The van der Waals surface area contributed by atoms with Crippen LogP contribution in [-0.4, -0.2) is 57.5 Å². The monoisotopic (exact) mass is 475 g/mol. The highest BCUT2D eigenvalue weighted by atomic mass is 19.4. The molecule has 2 heterocycles. The summed E-state index contributed by atoms with van der Waals surface area (Å²) in [5, 5.41) is 13.6. The lowest BCUT2D eigenvalue weighted by atomic mass is 9.84. The molecule has 0 radical (unpaired) electrons. The zero-order valence-corrected chi connectivity index (χ0v) is 18.7. The number of aliphatic hydroxyl groups excluding tert-OH is 1. The van der Waals surface area contributed by atoms with Crippen LogP contribution in [0.1, 0.15) is 88.3 Å². The number of hydrogen-bond donors (Lipinski definition) is 1. The first-order valence-electron chi connectivity index (χ1n) is 11.8. The van der Waals surface area contributed by atoms with Crippen LogP contribution < -0.4 is 0 Å². The molecule has 1 saturated carbocycles. The Balaban J connectivity index is 1.59. The van der Waals surface area contributed by atoms with E-state index in [-0.39, 0.29) is 12.0 Å². The predicted octanol–water partition coefficient (Wildman–Crippen LogP) is 3.88. The number of ether oxygens (including phenoxy) is 1. The Morgan fingerprint density at radius 1 is 1.15 bits per heavy atom. The first kappa shape index (κ1) is 25.6. The Morgan fingerprint density at radius 3 is 2.52 bits per heavy atom. The lowest BCUT2D eigenvalue weighted by Crippen LogP contribution is -2.35. The number of likely N-dealkylation sites (tertiary alicyclic amines) is 1. The van der Waals surface area contributed by atoms with Crippen LogP contribution in [0.4, 0.5) is 13.2 Å². The summed E-state index contributed by atoms with van der Waals surface area (Å²) in [6, 6.07) is 0. The third kappa shape index (κ3) is 8.37. The quantitative estimate of drug-likeness (QED) is 0.424. The van der Waals surface area contributed by atoms with Gasteiger partial charge in [0, 0.05) is 19.0 Å². The molecule has 1 saturated heterocycles. The van der Waals surface area contributed by atoms with Gasteiger partial charge in [-0.05, 0) is 25.2 Å². The van der Waals surface area contributed by atoms with Crippen LogP contribution >= 0.6 is 0 Å². The maximum absolute atomic E-state index is 12.4. The minimum Gasteiger partial charge on any atom is -0.393 e. The lowest BCUT2D eigenvalue weighted by molar-refractivity contribution is -0.202. The Morgan fingerprint density at radius 2 is 1.85 bits per heavy atom. The Hall–Kier alpha value is -2.01. The summed E-state index contributed by atoms with van der Waals surface area (Å²) in [4.78, 5) is 29.5. The third-order valence-electron chi connectivity index (χ3n) is 6.50. The van der Waals surface area contributed by atoms with E-state index in [9.17, 15) is 27.9 Å². The van der Waals surface area contributed by atoms with Crippen molar-refractivity contribution in [3.63, 3.8) is 0 Å². The number of piperidine rings is 1. The fraction of sp³-hybridized carbons (Fsp3) is 0.818. The van der Waals surface area contributed by atoms with Crippen LogP contribution in [0.25, 0.3) is 0 Å². The van der Waals surface area contributed by atoms with Gasteiger partial charge >= 0.3 is 18.1 Å². The van der Waals surface area contributed by atoms with Crippen molar-refractivity contribution in [3.05, 3.63) is 11.7 Å². The summed E-state index contributed by atoms with van der Waals surface area (Å²) in [7, 11) is 0. The molecule has 1 aliphatic heterocycles. The van der Waals surface area contributed by atoms with Gasteiger partial charge in [0.2, 0.25) is 5.89 Å². The lowest BCUT2D eigenvalue weighted by Gasteiger charge is -2.28. The molecule has 1 aliphatic carbocycles. The van der Waals surface area contributed by atoms with E-state index in [1.54, 1.807) is 0 Å². The van der Waals surface area contributed by atoms with Crippen molar-refractivity contribution in [2.45, 2.75) is 95.4 Å². The molecule has 8 nitrogen and oxygen atoms in total. The van der Waals surface area contributed by atoms with Crippen LogP contribution in [0.3, 0.4) is 0 Å². The van der Waals surface area contributed by atoms with Crippen molar-refractivity contribution in [1.29, 1.82) is 0 Å². The van der Waals surface area contributed by atoms with Crippen LogP contribution in [0.15, 0.2) is 4.52 Å². The summed E-state index contributed by atoms with van der Waals surface area (Å²) in [6.45, 7) is 1.81. The predicted molar refractivity (Wildman–Crippen MR) is 110 cm³/mol. The summed E-state index contributed by atoms with van der Waals surface area (Å²) >= 11 is 0. The van der Waals surface area contributed by atoms with E-state index < -0.39 is 30.5 Å². The number of alkyl halides is 3. The van der Waals surface area contributed by atoms with E-state index in [0.717, 1.165) is 12.8 Å². The number of aromatic nitrogens is 2. The van der Waals surface area contributed by atoms with E-state index in [4.69, 9.17) is 4.52 Å². The van der Waals surface area contributed by atoms with Crippen molar-refractivity contribution in [3.8, 4) is 0 Å². The van der Waals surface area contributed by atoms with Gasteiger partial charge in [0.1, 0.15) is 0 Å². The highest BCUT2D eigenvalue weighted by molar-refractivity contribution is 5.88. The van der Waals surface area contributed by atoms with Crippen molar-refractivity contribution in [1.82, 2.24) is 15.0 Å². The van der Waals surface area contributed by atoms with E-state index in [0.29, 0.717) is 50.6 Å². The van der Waals surface area contributed by atoms with Gasteiger partial charge in [-0.2, -0.15) is 18.2 Å². The third-order valence-corrected chi connectivity index (χ3v) is 6.50. The maximum atomic E-state index is 12.4. The average Bonchev–Trinajstić information content (AvgIpc) is 3.23.